The van der Waals surface area contributed by atoms with Crippen LogP contribution < -0.4 is 5.32 Å². The average Bonchev–Trinajstić information content (AvgIpc) is 3.08. The van der Waals surface area contributed by atoms with Crippen LogP contribution >= 0.6 is 15.9 Å². The van der Waals surface area contributed by atoms with E-state index in [4.69, 9.17) is 0 Å². The van der Waals surface area contributed by atoms with Crippen molar-refractivity contribution in [2.75, 3.05) is 19.6 Å². The summed E-state index contributed by atoms with van der Waals surface area (Å²) in [4.78, 5) is 14.8. The molecule has 2 heterocycles. The first kappa shape index (κ1) is 13.3. The molecule has 0 unspecified atom stereocenters. The summed E-state index contributed by atoms with van der Waals surface area (Å²) in [6, 6.07) is 12.5. The molecule has 108 valence electrons. The Labute approximate surface area is 132 Å². The van der Waals surface area contributed by atoms with E-state index in [0.717, 1.165) is 46.9 Å². The third-order valence-electron chi connectivity index (χ3n) is 4.76. The lowest BCUT2D eigenvalue weighted by Gasteiger charge is -2.23. The smallest absolute Gasteiger partial charge is 0.254 e. The molecule has 4 rings (SSSR count). The van der Waals surface area contributed by atoms with Crippen LogP contribution in [0.3, 0.4) is 0 Å². The van der Waals surface area contributed by atoms with Crippen LogP contribution in [-0.4, -0.2) is 36.5 Å². The number of rotatable bonds is 1. The molecular weight excluding hydrogens is 328 g/mol. The van der Waals surface area contributed by atoms with E-state index in [1.54, 1.807) is 0 Å². The number of carbonyl (C=O) groups is 1. The maximum atomic E-state index is 12.8. The van der Waals surface area contributed by atoms with E-state index < -0.39 is 0 Å². The molecule has 3 nitrogen and oxygen atoms in total. The van der Waals surface area contributed by atoms with Crippen LogP contribution in [0.1, 0.15) is 16.8 Å². The van der Waals surface area contributed by atoms with E-state index in [1.165, 1.54) is 0 Å². The van der Waals surface area contributed by atoms with Gasteiger partial charge in [-0.15, -0.1) is 0 Å². The van der Waals surface area contributed by atoms with Gasteiger partial charge in [-0.2, -0.15) is 0 Å². The van der Waals surface area contributed by atoms with Crippen LogP contribution in [0.25, 0.3) is 10.8 Å². The minimum atomic E-state index is 0.177. The maximum absolute atomic E-state index is 12.8. The predicted octanol–water partition coefficient (Wildman–Crippen LogP) is 3.04. The predicted molar refractivity (Wildman–Crippen MR) is 87.4 cm³/mol. The summed E-state index contributed by atoms with van der Waals surface area (Å²) in [5, 5.41) is 5.67. The Kier molecular flexibility index (Phi) is 3.23. The topological polar surface area (TPSA) is 32.3 Å². The molecule has 2 atom stereocenters. The van der Waals surface area contributed by atoms with Gasteiger partial charge in [-0.3, -0.25) is 4.79 Å². The highest BCUT2D eigenvalue weighted by molar-refractivity contribution is 9.10. The van der Waals surface area contributed by atoms with E-state index in [1.807, 2.05) is 24.3 Å². The Balaban J connectivity index is 1.66. The standard InChI is InChI=1S/C17H17BrN2O/c18-15-4-3-11-7-13(2-1-12(11)8-15)17(21)20-6-5-14-9-19-10-16(14)20/h1-4,7-8,14,16,19H,5-6,9-10H2/t14-,16+/m0/s1. The molecule has 0 bridgehead atoms. The fourth-order valence-electron chi connectivity index (χ4n) is 3.62. The second-order valence-electron chi connectivity index (χ2n) is 5.98. The molecular formula is C17H17BrN2O. The number of nitrogens with zero attached hydrogens (tertiary/aromatic N) is 1. The van der Waals surface area contributed by atoms with Crippen molar-refractivity contribution in [3.8, 4) is 0 Å². The SMILES string of the molecule is O=C(c1ccc2cc(Br)ccc2c1)N1CC[C@H]2CNC[C@H]21. The summed E-state index contributed by atoms with van der Waals surface area (Å²) in [6.07, 6.45) is 1.13. The fraction of sp³-hybridized carbons (Fsp3) is 0.353. The quantitative estimate of drug-likeness (QED) is 0.862. The van der Waals surface area contributed by atoms with Gasteiger partial charge in [0.1, 0.15) is 0 Å². The molecule has 1 amide bonds. The molecule has 0 spiro atoms. The lowest BCUT2D eigenvalue weighted by Crippen LogP contribution is -2.39. The second kappa shape index (κ2) is 5.11. The minimum absolute atomic E-state index is 0.177. The van der Waals surface area contributed by atoms with Crippen LogP contribution in [0.2, 0.25) is 0 Å². The number of halogens is 1. The summed E-state index contributed by atoms with van der Waals surface area (Å²) < 4.78 is 1.06. The van der Waals surface area contributed by atoms with Crippen molar-refractivity contribution >= 4 is 32.6 Å². The highest BCUT2D eigenvalue weighted by Crippen LogP contribution is 2.29. The first-order valence-corrected chi connectivity index (χ1v) is 8.23. The number of benzene rings is 2. The largest absolute Gasteiger partial charge is 0.334 e. The molecule has 4 heteroatoms. The number of hydrogen-bond acceptors (Lipinski definition) is 2. The van der Waals surface area contributed by atoms with Crippen molar-refractivity contribution in [2.45, 2.75) is 12.5 Å². The summed E-state index contributed by atoms with van der Waals surface area (Å²) >= 11 is 3.48. The van der Waals surface area contributed by atoms with Gasteiger partial charge in [0.25, 0.3) is 5.91 Å². The first-order valence-electron chi connectivity index (χ1n) is 7.43. The highest BCUT2D eigenvalue weighted by atomic mass is 79.9. The molecule has 2 saturated heterocycles. The number of fused-ring (bicyclic) bond motifs is 2. The van der Waals surface area contributed by atoms with Crippen LogP contribution in [0.15, 0.2) is 40.9 Å². The number of carbonyl (C=O) groups excluding carboxylic acids is 1. The molecule has 1 N–H and O–H groups in total. The van der Waals surface area contributed by atoms with Crippen molar-refractivity contribution < 1.29 is 4.79 Å². The van der Waals surface area contributed by atoms with Crippen LogP contribution in [0, 0.1) is 5.92 Å². The van der Waals surface area contributed by atoms with Crippen molar-refractivity contribution in [1.82, 2.24) is 10.2 Å². The molecule has 0 saturated carbocycles. The second-order valence-corrected chi connectivity index (χ2v) is 6.89. The number of hydrogen-bond donors (Lipinski definition) is 1. The van der Waals surface area contributed by atoms with Gasteiger partial charge in [-0.25, -0.2) is 0 Å². The summed E-state index contributed by atoms with van der Waals surface area (Å²) in [7, 11) is 0. The first-order chi connectivity index (χ1) is 10.2. The molecule has 2 aliphatic rings. The van der Waals surface area contributed by atoms with Gasteiger partial charge >= 0.3 is 0 Å². The summed E-state index contributed by atoms with van der Waals surface area (Å²) in [5.74, 6) is 0.821. The summed E-state index contributed by atoms with van der Waals surface area (Å²) in [6.45, 7) is 2.89. The Morgan fingerprint density at radius 1 is 1.14 bits per heavy atom. The molecule has 2 aromatic carbocycles. The zero-order valence-electron chi connectivity index (χ0n) is 11.7. The van der Waals surface area contributed by atoms with Gasteiger partial charge in [0.05, 0.1) is 0 Å². The third-order valence-corrected chi connectivity index (χ3v) is 5.25. The zero-order chi connectivity index (χ0) is 14.4. The monoisotopic (exact) mass is 344 g/mol. The van der Waals surface area contributed by atoms with Crippen LogP contribution in [-0.2, 0) is 0 Å². The number of nitrogens with one attached hydrogen (secondary N) is 1. The van der Waals surface area contributed by atoms with E-state index in [0.29, 0.717) is 12.0 Å². The summed E-state index contributed by atoms with van der Waals surface area (Å²) in [5.41, 5.74) is 0.803. The molecule has 0 radical (unpaired) electrons. The Morgan fingerprint density at radius 3 is 2.86 bits per heavy atom. The molecule has 2 fully saturated rings. The van der Waals surface area contributed by atoms with Crippen LogP contribution in [0.5, 0.6) is 0 Å². The van der Waals surface area contributed by atoms with Gasteiger partial charge in [0.2, 0.25) is 0 Å². The molecule has 2 aliphatic heterocycles. The number of likely N-dealkylation sites (tertiary alicyclic amines) is 1. The number of amides is 1. The fourth-order valence-corrected chi connectivity index (χ4v) is 4.00. The van der Waals surface area contributed by atoms with Gasteiger partial charge < -0.3 is 10.2 Å². The van der Waals surface area contributed by atoms with E-state index in [9.17, 15) is 4.79 Å². The van der Waals surface area contributed by atoms with Crippen molar-refractivity contribution in [3.63, 3.8) is 0 Å². The average molecular weight is 345 g/mol. The Hall–Kier alpha value is -1.39. The maximum Gasteiger partial charge on any atom is 0.254 e. The van der Waals surface area contributed by atoms with E-state index in [-0.39, 0.29) is 5.91 Å². The zero-order valence-corrected chi connectivity index (χ0v) is 13.3. The minimum Gasteiger partial charge on any atom is -0.334 e. The molecule has 0 aliphatic carbocycles. The van der Waals surface area contributed by atoms with Gasteiger partial charge in [-0.1, -0.05) is 28.1 Å². The van der Waals surface area contributed by atoms with E-state index >= 15 is 0 Å². The van der Waals surface area contributed by atoms with Crippen LogP contribution in [0.4, 0.5) is 0 Å². The molecule has 21 heavy (non-hydrogen) atoms. The lowest BCUT2D eigenvalue weighted by molar-refractivity contribution is 0.0737. The molecule has 2 aromatic rings. The normalized spacial score (nSPS) is 24.5. The Bertz CT molecular complexity index is 715. The lowest BCUT2D eigenvalue weighted by atomic mass is 10.0. The van der Waals surface area contributed by atoms with Gasteiger partial charge in [0, 0.05) is 35.7 Å². The van der Waals surface area contributed by atoms with Crippen molar-refractivity contribution in [3.05, 3.63) is 46.4 Å². The highest BCUT2D eigenvalue weighted by Gasteiger charge is 2.40. The van der Waals surface area contributed by atoms with E-state index in [2.05, 4.69) is 38.3 Å². The molecule has 0 aromatic heterocycles. The van der Waals surface area contributed by atoms with Crippen molar-refractivity contribution in [2.24, 2.45) is 5.92 Å². The van der Waals surface area contributed by atoms with Crippen molar-refractivity contribution in [1.29, 1.82) is 0 Å². The van der Waals surface area contributed by atoms with Gasteiger partial charge in [-0.05, 0) is 47.4 Å². The third kappa shape index (κ3) is 2.27. The van der Waals surface area contributed by atoms with Gasteiger partial charge in [0.15, 0.2) is 0 Å². The Morgan fingerprint density at radius 2 is 1.95 bits per heavy atom.